The summed E-state index contributed by atoms with van der Waals surface area (Å²) >= 11 is 0. The van der Waals surface area contributed by atoms with E-state index >= 15 is 0 Å². The van der Waals surface area contributed by atoms with Crippen LogP contribution in [0.2, 0.25) is 0 Å². The summed E-state index contributed by atoms with van der Waals surface area (Å²) in [5.74, 6) is -0.128. The first-order valence-electron chi connectivity index (χ1n) is 8.04. The summed E-state index contributed by atoms with van der Waals surface area (Å²) in [4.78, 5) is 7.80. The quantitative estimate of drug-likeness (QED) is 0.770. The van der Waals surface area contributed by atoms with Gasteiger partial charge in [-0.3, -0.25) is 0 Å². The third-order valence-electron chi connectivity index (χ3n) is 3.91. The van der Waals surface area contributed by atoms with Gasteiger partial charge in [-0.05, 0) is 42.6 Å². The predicted octanol–water partition coefficient (Wildman–Crippen LogP) is 3.52. The summed E-state index contributed by atoms with van der Waals surface area (Å²) in [6.45, 7) is 5.63. The van der Waals surface area contributed by atoms with Crippen LogP contribution in [0.25, 0.3) is 0 Å². The Labute approximate surface area is 144 Å². The molecule has 0 spiro atoms. The number of halogens is 3. The van der Waals surface area contributed by atoms with Crippen LogP contribution in [-0.4, -0.2) is 23.1 Å². The zero-order valence-electron chi connectivity index (χ0n) is 13.6. The van der Waals surface area contributed by atoms with E-state index < -0.39 is 11.7 Å². The number of rotatable bonds is 5. The molecule has 5 nitrogen and oxygen atoms in total. The van der Waals surface area contributed by atoms with Crippen LogP contribution < -0.4 is 16.0 Å². The minimum Gasteiger partial charge on any atom is -0.369 e. The van der Waals surface area contributed by atoms with Gasteiger partial charge >= 0.3 is 6.18 Å². The van der Waals surface area contributed by atoms with E-state index in [2.05, 4.69) is 32.8 Å². The fraction of sp³-hybridized carbons (Fsp3) is 0.353. The number of anilines is 3. The van der Waals surface area contributed by atoms with E-state index in [0.29, 0.717) is 13.0 Å². The highest BCUT2D eigenvalue weighted by molar-refractivity contribution is 5.58. The number of hydrogen-bond donors (Lipinski definition) is 3. The molecule has 0 unspecified atom stereocenters. The second kappa shape index (κ2) is 7.26. The lowest BCUT2D eigenvalue weighted by molar-refractivity contribution is -0.137. The number of benzene rings is 1. The van der Waals surface area contributed by atoms with E-state index in [1.807, 2.05) is 18.2 Å². The molecule has 25 heavy (non-hydrogen) atoms. The molecule has 1 aliphatic rings. The minimum atomic E-state index is -4.51. The Kier molecular flexibility index (Phi) is 5.08. The zero-order valence-corrected chi connectivity index (χ0v) is 13.6. The average Bonchev–Trinajstić information content (AvgIpc) is 2.59. The SMILES string of the molecule is [CH2]CCNc1nc(Nc2ccc3c(c2)CNCC3)ncc1C(F)(F)F. The molecule has 0 aliphatic carbocycles. The van der Waals surface area contributed by atoms with Gasteiger partial charge in [-0.1, -0.05) is 13.0 Å². The summed E-state index contributed by atoms with van der Waals surface area (Å²) in [7, 11) is 0. The highest BCUT2D eigenvalue weighted by Crippen LogP contribution is 2.34. The molecule has 2 heterocycles. The number of alkyl halides is 3. The topological polar surface area (TPSA) is 61.9 Å². The Hall–Kier alpha value is -2.35. The van der Waals surface area contributed by atoms with Crippen molar-refractivity contribution >= 4 is 17.5 Å². The lowest BCUT2D eigenvalue weighted by Gasteiger charge is -2.18. The van der Waals surface area contributed by atoms with E-state index in [1.54, 1.807) is 0 Å². The zero-order chi connectivity index (χ0) is 17.9. The largest absolute Gasteiger partial charge is 0.421 e. The standard InChI is InChI=1S/C17H19F3N5/c1-2-6-22-15-14(17(18,19)20)10-23-16(25-15)24-13-4-3-11-5-7-21-9-12(11)8-13/h3-4,8,10,21H,1-2,5-7,9H2,(H2,22,23,24,25). The van der Waals surface area contributed by atoms with Crippen molar-refractivity contribution in [3.8, 4) is 0 Å². The molecule has 3 rings (SSSR count). The summed E-state index contributed by atoms with van der Waals surface area (Å²) in [5.41, 5.74) is 2.29. The van der Waals surface area contributed by atoms with Gasteiger partial charge in [0.15, 0.2) is 0 Å². The molecule has 8 heteroatoms. The van der Waals surface area contributed by atoms with E-state index in [4.69, 9.17) is 0 Å². The Morgan fingerprint density at radius 3 is 2.84 bits per heavy atom. The predicted molar refractivity (Wildman–Crippen MR) is 90.6 cm³/mol. The second-order valence-electron chi connectivity index (χ2n) is 5.77. The molecule has 2 aromatic rings. The van der Waals surface area contributed by atoms with Crippen molar-refractivity contribution in [2.24, 2.45) is 0 Å². The number of fused-ring (bicyclic) bond motifs is 1. The lowest BCUT2D eigenvalue weighted by atomic mass is 10.0. The first-order chi connectivity index (χ1) is 12.0. The van der Waals surface area contributed by atoms with Gasteiger partial charge in [-0.2, -0.15) is 18.2 Å². The number of hydrogen-bond acceptors (Lipinski definition) is 5. The van der Waals surface area contributed by atoms with Crippen LogP contribution in [0.4, 0.5) is 30.6 Å². The van der Waals surface area contributed by atoms with Crippen LogP contribution in [0.3, 0.4) is 0 Å². The van der Waals surface area contributed by atoms with Crippen molar-refractivity contribution in [3.05, 3.63) is 48.0 Å². The molecule has 1 aromatic carbocycles. The van der Waals surface area contributed by atoms with E-state index in [9.17, 15) is 13.2 Å². The molecule has 0 atom stereocenters. The monoisotopic (exact) mass is 350 g/mol. The van der Waals surface area contributed by atoms with E-state index in [0.717, 1.165) is 31.4 Å². The van der Waals surface area contributed by atoms with Crippen LogP contribution in [0.1, 0.15) is 23.1 Å². The normalized spacial score (nSPS) is 14.1. The van der Waals surface area contributed by atoms with E-state index in [-0.39, 0.29) is 11.8 Å². The summed E-state index contributed by atoms with van der Waals surface area (Å²) in [5, 5.41) is 8.93. The Balaban J connectivity index is 1.84. The molecule has 1 radical (unpaired) electrons. The fourth-order valence-electron chi connectivity index (χ4n) is 2.68. The van der Waals surface area contributed by atoms with Crippen molar-refractivity contribution in [1.82, 2.24) is 15.3 Å². The Morgan fingerprint density at radius 2 is 2.08 bits per heavy atom. The van der Waals surface area contributed by atoms with Crippen LogP contribution >= 0.6 is 0 Å². The molecule has 0 bridgehead atoms. The van der Waals surface area contributed by atoms with Gasteiger partial charge in [0.05, 0.1) is 0 Å². The van der Waals surface area contributed by atoms with Crippen molar-refractivity contribution in [1.29, 1.82) is 0 Å². The van der Waals surface area contributed by atoms with Gasteiger partial charge in [0.1, 0.15) is 11.4 Å². The summed E-state index contributed by atoms with van der Waals surface area (Å²) in [6.07, 6.45) is -2.31. The second-order valence-corrected chi connectivity index (χ2v) is 5.77. The summed E-state index contributed by atoms with van der Waals surface area (Å²) in [6, 6.07) is 5.87. The van der Waals surface area contributed by atoms with Crippen LogP contribution in [-0.2, 0) is 19.1 Å². The molecule has 0 saturated heterocycles. The maximum atomic E-state index is 13.1. The molecule has 0 amide bonds. The van der Waals surface area contributed by atoms with Gasteiger partial charge in [-0.25, -0.2) is 4.98 Å². The first-order valence-corrected chi connectivity index (χ1v) is 8.04. The smallest absolute Gasteiger partial charge is 0.369 e. The van der Waals surface area contributed by atoms with Crippen molar-refractivity contribution in [3.63, 3.8) is 0 Å². The fourth-order valence-corrected chi connectivity index (χ4v) is 2.68. The number of aromatic nitrogens is 2. The lowest BCUT2D eigenvalue weighted by Crippen LogP contribution is -2.23. The molecule has 0 saturated carbocycles. The van der Waals surface area contributed by atoms with Gasteiger partial charge in [0, 0.05) is 25.0 Å². The molecular weight excluding hydrogens is 331 g/mol. The average molecular weight is 350 g/mol. The number of nitrogens with one attached hydrogen (secondary N) is 3. The van der Waals surface area contributed by atoms with Gasteiger partial charge in [0.2, 0.25) is 5.95 Å². The molecule has 1 aromatic heterocycles. The molecular formula is C17H19F3N5. The molecule has 133 valence electrons. The third kappa shape index (κ3) is 4.19. The summed E-state index contributed by atoms with van der Waals surface area (Å²) < 4.78 is 39.2. The maximum absolute atomic E-state index is 13.1. The van der Waals surface area contributed by atoms with Gasteiger partial charge in [0.25, 0.3) is 0 Å². The van der Waals surface area contributed by atoms with Crippen LogP contribution in [0, 0.1) is 6.92 Å². The third-order valence-corrected chi connectivity index (χ3v) is 3.91. The number of nitrogens with zero attached hydrogens (tertiary/aromatic N) is 2. The van der Waals surface area contributed by atoms with Crippen molar-refractivity contribution < 1.29 is 13.2 Å². The van der Waals surface area contributed by atoms with Crippen molar-refractivity contribution in [2.45, 2.75) is 25.6 Å². The maximum Gasteiger partial charge on any atom is 0.421 e. The van der Waals surface area contributed by atoms with Gasteiger partial charge < -0.3 is 16.0 Å². The Bertz CT molecular complexity index is 746. The molecule has 3 N–H and O–H groups in total. The van der Waals surface area contributed by atoms with Crippen molar-refractivity contribution in [2.75, 3.05) is 23.7 Å². The van der Waals surface area contributed by atoms with Gasteiger partial charge in [-0.15, -0.1) is 0 Å². The molecule has 0 fully saturated rings. The van der Waals surface area contributed by atoms with E-state index in [1.165, 1.54) is 11.1 Å². The highest BCUT2D eigenvalue weighted by atomic mass is 19.4. The molecule has 1 aliphatic heterocycles. The minimum absolute atomic E-state index is 0.114. The highest BCUT2D eigenvalue weighted by Gasteiger charge is 2.35. The van der Waals surface area contributed by atoms with Crippen LogP contribution in [0.15, 0.2) is 24.4 Å². The Morgan fingerprint density at radius 1 is 1.24 bits per heavy atom. The van der Waals surface area contributed by atoms with Crippen LogP contribution in [0.5, 0.6) is 0 Å². The first kappa shape index (κ1) is 17.5.